The Morgan fingerprint density at radius 2 is 1.70 bits per heavy atom. The summed E-state index contributed by atoms with van der Waals surface area (Å²) in [5.41, 5.74) is 1.59. The van der Waals surface area contributed by atoms with Gasteiger partial charge in [-0.1, -0.05) is 46.3 Å². The molecule has 2 rings (SSSR count). The van der Waals surface area contributed by atoms with E-state index < -0.39 is 12.0 Å². The molecule has 0 heterocycles. The van der Waals surface area contributed by atoms with Gasteiger partial charge < -0.3 is 4.74 Å². The molecule has 1 unspecified atom stereocenters. The molecule has 20 heavy (non-hydrogen) atoms. The van der Waals surface area contributed by atoms with E-state index in [1.165, 1.54) is 6.07 Å². The van der Waals surface area contributed by atoms with E-state index in [4.69, 9.17) is 11.6 Å². The standard InChI is InChI=1S/C15H12BrClF2O/c16-11-7-5-10(6-8-11)9-13(17)12-3-1-2-4-14(12)20-15(18)19/h1-8,13,15H,9H2. The number of para-hydroxylation sites is 1. The minimum Gasteiger partial charge on any atom is -0.434 e. The van der Waals surface area contributed by atoms with Gasteiger partial charge in [-0.15, -0.1) is 11.6 Å². The van der Waals surface area contributed by atoms with Crippen LogP contribution in [0.3, 0.4) is 0 Å². The smallest absolute Gasteiger partial charge is 0.387 e. The zero-order chi connectivity index (χ0) is 14.5. The number of hydrogen-bond acceptors (Lipinski definition) is 1. The molecule has 0 amide bonds. The van der Waals surface area contributed by atoms with Crippen LogP contribution in [0.5, 0.6) is 5.75 Å². The van der Waals surface area contributed by atoms with Gasteiger partial charge in [0.2, 0.25) is 0 Å². The number of halogens is 4. The highest BCUT2D eigenvalue weighted by molar-refractivity contribution is 9.10. The van der Waals surface area contributed by atoms with Gasteiger partial charge in [0.1, 0.15) is 5.75 Å². The third-order valence-corrected chi connectivity index (χ3v) is 3.72. The van der Waals surface area contributed by atoms with Gasteiger partial charge in [0.25, 0.3) is 0 Å². The summed E-state index contributed by atoms with van der Waals surface area (Å²) in [6, 6.07) is 14.3. The number of hydrogen-bond donors (Lipinski definition) is 0. The summed E-state index contributed by atoms with van der Waals surface area (Å²) >= 11 is 9.69. The molecule has 0 aliphatic carbocycles. The maximum atomic E-state index is 12.4. The molecular formula is C15H12BrClF2O. The predicted octanol–water partition coefficient (Wildman–Crippen LogP) is 5.57. The number of alkyl halides is 3. The van der Waals surface area contributed by atoms with Crippen molar-refractivity contribution in [1.29, 1.82) is 0 Å². The van der Waals surface area contributed by atoms with Crippen LogP contribution >= 0.6 is 27.5 Å². The summed E-state index contributed by atoms with van der Waals surface area (Å²) in [7, 11) is 0. The van der Waals surface area contributed by atoms with Gasteiger partial charge in [-0.25, -0.2) is 0 Å². The number of benzene rings is 2. The molecule has 2 aromatic carbocycles. The fourth-order valence-corrected chi connectivity index (χ4v) is 2.50. The molecule has 0 fully saturated rings. The van der Waals surface area contributed by atoms with Gasteiger partial charge in [-0.2, -0.15) is 8.78 Å². The molecule has 0 aliphatic rings. The number of rotatable bonds is 5. The van der Waals surface area contributed by atoms with Crippen LogP contribution in [-0.2, 0) is 6.42 Å². The van der Waals surface area contributed by atoms with E-state index in [2.05, 4.69) is 20.7 Å². The summed E-state index contributed by atoms with van der Waals surface area (Å²) in [5.74, 6) is 0.125. The quantitative estimate of drug-likeness (QED) is 0.632. The van der Waals surface area contributed by atoms with E-state index in [9.17, 15) is 8.78 Å². The van der Waals surface area contributed by atoms with Crippen molar-refractivity contribution in [2.24, 2.45) is 0 Å². The topological polar surface area (TPSA) is 9.23 Å². The molecule has 0 radical (unpaired) electrons. The van der Waals surface area contributed by atoms with Crippen LogP contribution in [0, 0.1) is 0 Å². The van der Waals surface area contributed by atoms with E-state index in [0.29, 0.717) is 12.0 Å². The first kappa shape index (κ1) is 15.3. The predicted molar refractivity (Wildman–Crippen MR) is 79.5 cm³/mol. The third kappa shape index (κ3) is 4.18. The van der Waals surface area contributed by atoms with Gasteiger partial charge in [0, 0.05) is 10.0 Å². The fraction of sp³-hybridized carbons (Fsp3) is 0.200. The van der Waals surface area contributed by atoms with Crippen molar-refractivity contribution in [3.05, 3.63) is 64.1 Å². The van der Waals surface area contributed by atoms with Crippen LogP contribution in [-0.4, -0.2) is 6.61 Å². The minimum atomic E-state index is -2.85. The Balaban J connectivity index is 2.16. The minimum absolute atomic E-state index is 0.125. The van der Waals surface area contributed by atoms with E-state index in [1.54, 1.807) is 18.2 Å². The van der Waals surface area contributed by atoms with Crippen molar-refractivity contribution in [3.8, 4) is 5.75 Å². The Labute approximate surface area is 129 Å². The molecule has 0 saturated carbocycles. The summed E-state index contributed by atoms with van der Waals surface area (Å²) in [4.78, 5) is 0. The van der Waals surface area contributed by atoms with Crippen molar-refractivity contribution in [1.82, 2.24) is 0 Å². The highest BCUT2D eigenvalue weighted by Gasteiger charge is 2.16. The Bertz CT molecular complexity index is 560. The highest BCUT2D eigenvalue weighted by atomic mass is 79.9. The first-order valence-electron chi connectivity index (χ1n) is 5.98. The summed E-state index contributed by atoms with van der Waals surface area (Å²) in [5, 5.41) is -0.425. The van der Waals surface area contributed by atoms with E-state index in [-0.39, 0.29) is 5.75 Å². The molecule has 5 heteroatoms. The van der Waals surface area contributed by atoms with Crippen molar-refractivity contribution in [3.63, 3.8) is 0 Å². The van der Waals surface area contributed by atoms with Crippen molar-refractivity contribution in [2.75, 3.05) is 0 Å². The molecule has 0 aromatic heterocycles. The maximum absolute atomic E-state index is 12.4. The molecule has 0 aliphatic heterocycles. The molecule has 0 saturated heterocycles. The molecule has 1 nitrogen and oxygen atoms in total. The lowest BCUT2D eigenvalue weighted by atomic mass is 10.0. The second kappa shape index (κ2) is 7.04. The molecule has 2 aromatic rings. The van der Waals surface area contributed by atoms with Gasteiger partial charge in [-0.05, 0) is 30.2 Å². The van der Waals surface area contributed by atoms with Crippen LogP contribution in [0.25, 0.3) is 0 Å². The average Bonchev–Trinajstić information content (AvgIpc) is 2.41. The lowest BCUT2D eigenvalue weighted by Crippen LogP contribution is -2.06. The SMILES string of the molecule is FC(F)Oc1ccccc1C(Cl)Cc1ccc(Br)cc1. The first-order valence-corrected chi connectivity index (χ1v) is 7.21. The lowest BCUT2D eigenvalue weighted by molar-refractivity contribution is -0.0504. The van der Waals surface area contributed by atoms with Gasteiger partial charge in [0.15, 0.2) is 0 Å². The third-order valence-electron chi connectivity index (χ3n) is 2.80. The van der Waals surface area contributed by atoms with Crippen LogP contribution in [0.15, 0.2) is 53.0 Å². The van der Waals surface area contributed by atoms with E-state index in [1.807, 2.05) is 24.3 Å². The molecule has 1 atom stereocenters. The molecule has 0 bridgehead atoms. The van der Waals surface area contributed by atoms with Crippen LogP contribution < -0.4 is 4.74 Å². The van der Waals surface area contributed by atoms with Gasteiger partial charge in [-0.3, -0.25) is 0 Å². The zero-order valence-corrected chi connectivity index (χ0v) is 12.7. The monoisotopic (exact) mass is 360 g/mol. The second-order valence-electron chi connectivity index (χ2n) is 4.21. The first-order chi connectivity index (χ1) is 9.56. The van der Waals surface area contributed by atoms with Crippen molar-refractivity contribution >= 4 is 27.5 Å². The van der Waals surface area contributed by atoms with E-state index >= 15 is 0 Å². The fourth-order valence-electron chi connectivity index (χ4n) is 1.88. The Morgan fingerprint density at radius 1 is 1.05 bits per heavy atom. The average molecular weight is 362 g/mol. The summed E-state index contributed by atoms with van der Waals surface area (Å²) in [6.07, 6.45) is 0.540. The zero-order valence-electron chi connectivity index (χ0n) is 10.4. The van der Waals surface area contributed by atoms with Crippen LogP contribution in [0.4, 0.5) is 8.78 Å². The maximum Gasteiger partial charge on any atom is 0.387 e. The lowest BCUT2D eigenvalue weighted by Gasteiger charge is -2.15. The normalized spacial score (nSPS) is 12.4. The Kier molecular flexibility index (Phi) is 5.38. The largest absolute Gasteiger partial charge is 0.434 e. The van der Waals surface area contributed by atoms with Crippen molar-refractivity contribution in [2.45, 2.75) is 18.4 Å². The van der Waals surface area contributed by atoms with Gasteiger partial charge in [0.05, 0.1) is 5.38 Å². The summed E-state index contributed by atoms with van der Waals surface area (Å²) in [6.45, 7) is -2.85. The second-order valence-corrected chi connectivity index (χ2v) is 5.66. The van der Waals surface area contributed by atoms with Crippen LogP contribution in [0.1, 0.15) is 16.5 Å². The Morgan fingerprint density at radius 3 is 2.35 bits per heavy atom. The van der Waals surface area contributed by atoms with Crippen molar-refractivity contribution < 1.29 is 13.5 Å². The van der Waals surface area contributed by atoms with Crippen LogP contribution in [0.2, 0.25) is 0 Å². The van der Waals surface area contributed by atoms with Gasteiger partial charge >= 0.3 is 6.61 Å². The molecule has 106 valence electrons. The number of ether oxygens (including phenoxy) is 1. The Hall–Kier alpha value is -1.13. The molecular weight excluding hydrogens is 350 g/mol. The molecule has 0 spiro atoms. The highest BCUT2D eigenvalue weighted by Crippen LogP contribution is 2.33. The molecule has 0 N–H and O–H groups in total. The van der Waals surface area contributed by atoms with E-state index in [0.717, 1.165) is 10.0 Å². The summed E-state index contributed by atoms with van der Waals surface area (Å²) < 4.78 is 30.2.